The summed E-state index contributed by atoms with van der Waals surface area (Å²) in [5, 5.41) is 3.70. The first-order valence-corrected chi connectivity index (χ1v) is 8.77. The third-order valence-corrected chi connectivity index (χ3v) is 4.36. The second-order valence-electron chi connectivity index (χ2n) is 6.22. The number of hydrogen-bond donors (Lipinski definition) is 1. The Morgan fingerprint density at radius 3 is 2.62 bits per heavy atom. The van der Waals surface area contributed by atoms with E-state index >= 15 is 0 Å². The number of hydrogen-bond acceptors (Lipinski definition) is 2. The van der Waals surface area contributed by atoms with Crippen LogP contribution in [0.4, 0.5) is 0 Å². The molecular weight excluding hydrogens is 258 g/mol. The Balaban J connectivity index is 1.97. The average molecular weight is 289 g/mol. The summed E-state index contributed by atoms with van der Waals surface area (Å²) in [6.45, 7) is 6.50. The molecule has 2 unspecified atom stereocenters. The second kappa shape index (κ2) is 9.22. The van der Waals surface area contributed by atoms with Crippen LogP contribution in [0, 0.1) is 0 Å². The molecule has 0 aliphatic carbocycles. The molecule has 1 saturated heterocycles. The monoisotopic (exact) mass is 289 g/mol. The maximum Gasteiger partial charge on any atom is 0.0594 e. The summed E-state index contributed by atoms with van der Waals surface area (Å²) in [6.07, 6.45) is 8.92. The Labute approximate surface area is 130 Å². The Morgan fingerprint density at radius 1 is 1.19 bits per heavy atom. The van der Waals surface area contributed by atoms with Crippen LogP contribution in [0.5, 0.6) is 0 Å². The van der Waals surface area contributed by atoms with Crippen LogP contribution in [0.3, 0.4) is 0 Å². The predicted octanol–water partition coefficient (Wildman–Crippen LogP) is 4.64. The molecule has 1 aromatic rings. The Kier molecular flexibility index (Phi) is 7.25. The highest BCUT2D eigenvalue weighted by molar-refractivity contribution is 5.25. The van der Waals surface area contributed by atoms with Crippen LogP contribution < -0.4 is 5.32 Å². The van der Waals surface area contributed by atoms with Crippen LogP contribution in [-0.4, -0.2) is 19.3 Å². The molecule has 1 aliphatic heterocycles. The van der Waals surface area contributed by atoms with Crippen LogP contribution in [0.25, 0.3) is 0 Å². The zero-order chi connectivity index (χ0) is 14.9. The van der Waals surface area contributed by atoms with E-state index in [-0.39, 0.29) is 0 Å². The van der Waals surface area contributed by atoms with Gasteiger partial charge in [0.25, 0.3) is 0 Å². The van der Waals surface area contributed by atoms with Crippen LogP contribution in [0.15, 0.2) is 24.3 Å². The molecule has 0 radical (unpaired) electrons. The molecule has 2 rings (SSSR count). The highest BCUT2D eigenvalue weighted by Gasteiger charge is 2.21. The van der Waals surface area contributed by atoms with Crippen molar-refractivity contribution in [3.8, 4) is 0 Å². The van der Waals surface area contributed by atoms with Gasteiger partial charge in [-0.2, -0.15) is 0 Å². The third kappa shape index (κ3) is 5.44. The summed E-state index contributed by atoms with van der Waals surface area (Å²) in [6, 6.07) is 9.68. The zero-order valence-electron chi connectivity index (χ0n) is 13.7. The van der Waals surface area contributed by atoms with Crippen molar-refractivity contribution in [2.75, 3.05) is 13.2 Å². The largest absolute Gasteiger partial charge is 0.378 e. The minimum absolute atomic E-state index is 0.438. The topological polar surface area (TPSA) is 21.3 Å². The molecule has 2 heteroatoms. The van der Waals surface area contributed by atoms with Gasteiger partial charge in [-0.15, -0.1) is 0 Å². The lowest BCUT2D eigenvalue weighted by Crippen LogP contribution is -2.26. The Bertz CT molecular complexity index is 381. The maximum absolute atomic E-state index is 5.82. The lowest BCUT2D eigenvalue weighted by Gasteiger charge is -2.22. The Morgan fingerprint density at radius 2 is 2.00 bits per heavy atom. The molecule has 1 aromatic carbocycles. The van der Waals surface area contributed by atoms with Crippen molar-refractivity contribution in [2.24, 2.45) is 0 Å². The van der Waals surface area contributed by atoms with Crippen molar-refractivity contribution >= 4 is 0 Å². The Hall–Kier alpha value is -0.860. The van der Waals surface area contributed by atoms with Crippen molar-refractivity contribution in [1.82, 2.24) is 5.32 Å². The normalized spacial score (nSPS) is 19.8. The molecule has 0 saturated carbocycles. The highest BCUT2D eigenvalue weighted by Crippen LogP contribution is 2.25. The molecule has 2 atom stereocenters. The first kappa shape index (κ1) is 16.5. The van der Waals surface area contributed by atoms with Gasteiger partial charge < -0.3 is 10.1 Å². The maximum atomic E-state index is 5.82. The van der Waals surface area contributed by atoms with E-state index in [0.717, 1.165) is 19.6 Å². The molecule has 1 N–H and O–H groups in total. The SMILES string of the molecule is CCCCc1ccc(C(CC2CCCO2)NCCC)cc1. The lowest BCUT2D eigenvalue weighted by molar-refractivity contribution is 0.0946. The summed E-state index contributed by atoms with van der Waals surface area (Å²) in [4.78, 5) is 0. The molecule has 2 nitrogen and oxygen atoms in total. The van der Waals surface area contributed by atoms with Crippen molar-refractivity contribution in [3.63, 3.8) is 0 Å². The fourth-order valence-electron chi connectivity index (χ4n) is 3.05. The predicted molar refractivity (Wildman–Crippen MR) is 89.7 cm³/mol. The van der Waals surface area contributed by atoms with Gasteiger partial charge >= 0.3 is 0 Å². The van der Waals surface area contributed by atoms with E-state index in [1.54, 1.807) is 0 Å². The van der Waals surface area contributed by atoms with Crippen LogP contribution in [-0.2, 0) is 11.2 Å². The van der Waals surface area contributed by atoms with Gasteiger partial charge in [-0.3, -0.25) is 0 Å². The minimum atomic E-state index is 0.438. The molecule has 0 bridgehead atoms. The van der Waals surface area contributed by atoms with E-state index in [4.69, 9.17) is 4.74 Å². The fraction of sp³-hybridized carbons (Fsp3) is 0.684. The summed E-state index contributed by atoms with van der Waals surface area (Å²) in [7, 11) is 0. The van der Waals surface area contributed by atoms with E-state index in [0.29, 0.717) is 12.1 Å². The number of unbranched alkanes of at least 4 members (excludes halogenated alkanes) is 1. The first-order valence-electron chi connectivity index (χ1n) is 8.77. The minimum Gasteiger partial charge on any atom is -0.378 e. The van der Waals surface area contributed by atoms with E-state index in [1.165, 1.54) is 49.7 Å². The van der Waals surface area contributed by atoms with Gasteiger partial charge in [-0.25, -0.2) is 0 Å². The van der Waals surface area contributed by atoms with Crippen molar-refractivity contribution in [3.05, 3.63) is 35.4 Å². The number of nitrogens with one attached hydrogen (secondary N) is 1. The van der Waals surface area contributed by atoms with E-state index in [2.05, 4.69) is 43.4 Å². The van der Waals surface area contributed by atoms with Gasteiger partial charge in [0.15, 0.2) is 0 Å². The molecule has 21 heavy (non-hydrogen) atoms. The molecule has 1 aliphatic rings. The van der Waals surface area contributed by atoms with Gasteiger partial charge in [0.05, 0.1) is 6.10 Å². The molecule has 0 amide bonds. The quantitative estimate of drug-likeness (QED) is 0.715. The standard InChI is InChI=1S/C19H31NO/c1-3-5-7-16-9-11-17(12-10-16)19(20-13-4-2)15-18-8-6-14-21-18/h9-12,18-20H,3-8,13-15H2,1-2H3. The van der Waals surface area contributed by atoms with E-state index < -0.39 is 0 Å². The average Bonchev–Trinajstić information content (AvgIpc) is 3.03. The number of benzene rings is 1. The second-order valence-corrected chi connectivity index (χ2v) is 6.22. The summed E-state index contributed by atoms with van der Waals surface area (Å²) < 4.78 is 5.82. The van der Waals surface area contributed by atoms with Gasteiger partial charge in [-0.05, 0) is 56.2 Å². The molecule has 0 spiro atoms. The third-order valence-electron chi connectivity index (χ3n) is 4.36. The summed E-state index contributed by atoms with van der Waals surface area (Å²) >= 11 is 0. The zero-order valence-corrected chi connectivity index (χ0v) is 13.7. The summed E-state index contributed by atoms with van der Waals surface area (Å²) in [5.74, 6) is 0. The van der Waals surface area contributed by atoms with Gasteiger partial charge in [0.1, 0.15) is 0 Å². The molecule has 0 aromatic heterocycles. The molecular formula is C19H31NO. The lowest BCUT2D eigenvalue weighted by atomic mass is 9.97. The number of rotatable bonds is 9. The fourth-order valence-corrected chi connectivity index (χ4v) is 3.05. The van der Waals surface area contributed by atoms with Crippen molar-refractivity contribution in [2.45, 2.75) is 70.9 Å². The van der Waals surface area contributed by atoms with Gasteiger partial charge in [0, 0.05) is 12.6 Å². The van der Waals surface area contributed by atoms with Crippen LogP contribution in [0.2, 0.25) is 0 Å². The number of aryl methyl sites for hydroxylation is 1. The van der Waals surface area contributed by atoms with Crippen LogP contribution >= 0.6 is 0 Å². The van der Waals surface area contributed by atoms with Gasteiger partial charge in [0.2, 0.25) is 0 Å². The summed E-state index contributed by atoms with van der Waals surface area (Å²) in [5.41, 5.74) is 2.88. The first-order chi connectivity index (χ1) is 10.3. The van der Waals surface area contributed by atoms with E-state index in [9.17, 15) is 0 Å². The van der Waals surface area contributed by atoms with Crippen molar-refractivity contribution in [1.29, 1.82) is 0 Å². The van der Waals surface area contributed by atoms with Crippen LogP contribution in [0.1, 0.15) is 69.5 Å². The molecule has 118 valence electrons. The van der Waals surface area contributed by atoms with Gasteiger partial charge in [-0.1, -0.05) is 44.5 Å². The smallest absolute Gasteiger partial charge is 0.0594 e. The molecule has 1 fully saturated rings. The number of ether oxygens (including phenoxy) is 1. The molecule has 1 heterocycles. The van der Waals surface area contributed by atoms with Crippen molar-refractivity contribution < 1.29 is 4.74 Å². The van der Waals surface area contributed by atoms with E-state index in [1.807, 2.05) is 0 Å². The highest BCUT2D eigenvalue weighted by atomic mass is 16.5.